The van der Waals surface area contributed by atoms with Gasteiger partial charge < -0.3 is 9.47 Å². The Kier molecular flexibility index (Phi) is 5.41. The topological polar surface area (TPSA) is 52.6 Å². The van der Waals surface area contributed by atoms with Crippen LogP contribution in [0.1, 0.15) is 31.4 Å². The Bertz CT molecular complexity index is 623. The molecule has 0 aromatic heterocycles. The second-order valence-corrected chi connectivity index (χ2v) is 5.56. The van der Waals surface area contributed by atoms with Gasteiger partial charge in [-0.2, -0.15) is 0 Å². The van der Waals surface area contributed by atoms with Gasteiger partial charge in [0.2, 0.25) is 0 Å². The zero-order chi connectivity index (χ0) is 16.9. The summed E-state index contributed by atoms with van der Waals surface area (Å²) in [6.07, 6.45) is 2.89. The lowest BCUT2D eigenvalue weighted by Gasteiger charge is -2.15. The molecule has 0 radical (unpaired) electrons. The summed E-state index contributed by atoms with van der Waals surface area (Å²) in [7, 11) is 0. The molecular formula is C19H22O4. The zero-order valence-electron chi connectivity index (χ0n) is 13.6. The van der Waals surface area contributed by atoms with Crippen LogP contribution in [0, 0.1) is 11.3 Å². The van der Waals surface area contributed by atoms with Crippen LogP contribution in [0.25, 0.3) is 6.08 Å². The highest BCUT2D eigenvalue weighted by molar-refractivity contribution is 6.04. The first-order valence-corrected chi connectivity index (χ1v) is 7.88. The fourth-order valence-corrected chi connectivity index (χ4v) is 2.92. The monoisotopic (exact) mass is 314 g/mol. The Morgan fingerprint density at radius 1 is 1.26 bits per heavy atom. The SMILES string of the molecule is C=C=Cc1ccccc1CC1CC1(C(=O)OCC)C(=O)OCC. The molecule has 1 unspecified atom stereocenters. The summed E-state index contributed by atoms with van der Waals surface area (Å²) in [6.45, 7) is 7.57. The summed E-state index contributed by atoms with van der Waals surface area (Å²) < 4.78 is 10.2. The maximum absolute atomic E-state index is 12.3. The second kappa shape index (κ2) is 7.30. The molecule has 1 saturated carbocycles. The maximum Gasteiger partial charge on any atom is 0.323 e. The molecule has 1 atom stereocenters. The first-order valence-electron chi connectivity index (χ1n) is 7.88. The molecule has 4 heteroatoms. The van der Waals surface area contributed by atoms with Crippen molar-refractivity contribution in [1.29, 1.82) is 0 Å². The van der Waals surface area contributed by atoms with Gasteiger partial charge in [-0.25, -0.2) is 0 Å². The Morgan fingerprint density at radius 3 is 2.43 bits per heavy atom. The quantitative estimate of drug-likeness (QED) is 0.441. The Labute approximate surface area is 136 Å². The molecular weight excluding hydrogens is 292 g/mol. The van der Waals surface area contributed by atoms with Crippen LogP contribution in [-0.4, -0.2) is 25.2 Å². The lowest BCUT2D eigenvalue weighted by molar-refractivity contribution is -0.165. The third-order valence-electron chi connectivity index (χ3n) is 4.16. The van der Waals surface area contributed by atoms with Gasteiger partial charge in [0.25, 0.3) is 0 Å². The minimum absolute atomic E-state index is 0.0973. The largest absolute Gasteiger partial charge is 0.465 e. The molecule has 23 heavy (non-hydrogen) atoms. The van der Waals surface area contributed by atoms with Crippen LogP contribution in [0.3, 0.4) is 0 Å². The summed E-state index contributed by atoms with van der Waals surface area (Å²) in [5, 5.41) is 0. The van der Waals surface area contributed by atoms with Crippen molar-refractivity contribution in [3.8, 4) is 0 Å². The van der Waals surface area contributed by atoms with Crippen LogP contribution in [0.5, 0.6) is 0 Å². The van der Waals surface area contributed by atoms with E-state index in [9.17, 15) is 9.59 Å². The van der Waals surface area contributed by atoms with Crippen molar-refractivity contribution < 1.29 is 19.1 Å². The summed E-state index contributed by atoms with van der Waals surface area (Å²) in [5.41, 5.74) is 3.68. The summed E-state index contributed by atoms with van der Waals surface area (Å²) in [5.74, 6) is -1.04. The van der Waals surface area contributed by atoms with Gasteiger partial charge in [-0.1, -0.05) is 30.8 Å². The van der Waals surface area contributed by atoms with Gasteiger partial charge in [-0.15, -0.1) is 5.73 Å². The fourth-order valence-electron chi connectivity index (χ4n) is 2.92. The van der Waals surface area contributed by atoms with Crippen LogP contribution >= 0.6 is 0 Å². The number of hydrogen-bond acceptors (Lipinski definition) is 4. The third kappa shape index (κ3) is 3.38. The molecule has 0 aliphatic heterocycles. The van der Waals surface area contributed by atoms with Gasteiger partial charge in [-0.3, -0.25) is 9.59 Å². The first-order chi connectivity index (χ1) is 11.1. The van der Waals surface area contributed by atoms with E-state index >= 15 is 0 Å². The van der Waals surface area contributed by atoms with Gasteiger partial charge in [-0.05, 0) is 49.8 Å². The summed E-state index contributed by atoms with van der Waals surface area (Å²) in [6, 6.07) is 7.83. The number of esters is 2. The van der Waals surface area contributed by atoms with Crippen molar-refractivity contribution >= 4 is 18.0 Å². The number of carbonyl (C=O) groups excluding carboxylic acids is 2. The second-order valence-electron chi connectivity index (χ2n) is 5.56. The molecule has 0 amide bonds. The standard InChI is InChI=1S/C19H22O4/c1-4-9-14-10-7-8-11-15(14)12-16-13-19(16,17(20)22-5-2)18(21)23-6-3/h7-11,16H,1,5-6,12-13H2,2-3H3. The first kappa shape index (κ1) is 17.0. The van der Waals surface area contributed by atoms with E-state index in [1.54, 1.807) is 19.9 Å². The van der Waals surface area contributed by atoms with Crippen LogP contribution < -0.4 is 0 Å². The number of ether oxygens (including phenoxy) is 2. The third-order valence-corrected chi connectivity index (χ3v) is 4.16. The normalized spacial score (nSPS) is 17.7. The van der Waals surface area contributed by atoms with Crippen molar-refractivity contribution in [3.63, 3.8) is 0 Å². The van der Waals surface area contributed by atoms with E-state index in [1.165, 1.54) is 0 Å². The number of rotatable bonds is 7. The molecule has 4 nitrogen and oxygen atoms in total. The lowest BCUT2D eigenvalue weighted by Crippen LogP contribution is -2.32. The van der Waals surface area contributed by atoms with Crippen LogP contribution in [0.2, 0.25) is 0 Å². The lowest BCUT2D eigenvalue weighted by atomic mass is 9.96. The smallest absolute Gasteiger partial charge is 0.323 e. The molecule has 0 heterocycles. The Hall–Kier alpha value is -2.32. The van der Waals surface area contributed by atoms with E-state index in [-0.39, 0.29) is 19.1 Å². The van der Waals surface area contributed by atoms with E-state index in [0.29, 0.717) is 12.8 Å². The Morgan fingerprint density at radius 2 is 1.87 bits per heavy atom. The van der Waals surface area contributed by atoms with Crippen molar-refractivity contribution in [3.05, 3.63) is 47.7 Å². The van der Waals surface area contributed by atoms with Gasteiger partial charge >= 0.3 is 11.9 Å². The van der Waals surface area contributed by atoms with E-state index < -0.39 is 17.4 Å². The zero-order valence-corrected chi connectivity index (χ0v) is 13.6. The van der Waals surface area contributed by atoms with Crippen LogP contribution in [-0.2, 0) is 25.5 Å². The van der Waals surface area contributed by atoms with Gasteiger partial charge in [0, 0.05) is 0 Å². The van der Waals surface area contributed by atoms with Crippen molar-refractivity contribution in [1.82, 2.24) is 0 Å². The molecule has 1 fully saturated rings. The molecule has 0 bridgehead atoms. The predicted octanol–water partition coefficient (Wildman–Crippen LogP) is 3.16. The molecule has 2 rings (SSSR count). The molecule has 122 valence electrons. The minimum atomic E-state index is -1.14. The van der Waals surface area contributed by atoms with Crippen molar-refractivity contribution in [2.75, 3.05) is 13.2 Å². The predicted molar refractivity (Wildman–Crippen MR) is 87.6 cm³/mol. The molecule has 1 aliphatic carbocycles. The highest BCUT2D eigenvalue weighted by atomic mass is 16.6. The maximum atomic E-state index is 12.3. The number of hydrogen-bond donors (Lipinski definition) is 0. The van der Waals surface area contributed by atoms with Crippen molar-refractivity contribution in [2.24, 2.45) is 11.3 Å². The molecule has 1 aromatic rings. The van der Waals surface area contributed by atoms with E-state index in [0.717, 1.165) is 11.1 Å². The van der Waals surface area contributed by atoms with Crippen LogP contribution in [0.4, 0.5) is 0 Å². The number of carbonyl (C=O) groups is 2. The van der Waals surface area contributed by atoms with Gasteiger partial charge in [0.05, 0.1) is 13.2 Å². The highest BCUT2D eigenvalue weighted by Gasteiger charge is 2.67. The highest BCUT2D eigenvalue weighted by Crippen LogP contribution is 2.56. The van der Waals surface area contributed by atoms with E-state index in [1.807, 2.05) is 24.3 Å². The van der Waals surface area contributed by atoms with Crippen LogP contribution in [0.15, 0.2) is 36.6 Å². The average Bonchev–Trinajstić information content (AvgIpc) is 3.25. The van der Waals surface area contributed by atoms with E-state index in [4.69, 9.17) is 9.47 Å². The average molecular weight is 314 g/mol. The summed E-state index contributed by atoms with van der Waals surface area (Å²) >= 11 is 0. The summed E-state index contributed by atoms with van der Waals surface area (Å²) in [4.78, 5) is 24.6. The minimum Gasteiger partial charge on any atom is -0.465 e. The fraction of sp³-hybridized carbons (Fsp3) is 0.421. The molecule has 0 spiro atoms. The molecule has 1 aromatic carbocycles. The van der Waals surface area contributed by atoms with Crippen molar-refractivity contribution in [2.45, 2.75) is 26.7 Å². The molecule has 0 saturated heterocycles. The molecule has 0 N–H and O–H groups in total. The Balaban J connectivity index is 2.22. The number of benzene rings is 1. The van der Waals surface area contributed by atoms with E-state index in [2.05, 4.69) is 12.3 Å². The van der Waals surface area contributed by atoms with Gasteiger partial charge in [0.15, 0.2) is 5.41 Å². The van der Waals surface area contributed by atoms with Gasteiger partial charge in [0.1, 0.15) is 0 Å². The molecule has 1 aliphatic rings.